The zero-order valence-corrected chi connectivity index (χ0v) is 15.0. The molecule has 0 bridgehead atoms. The molecule has 2 rings (SSSR count). The summed E-state index contributed by atoms with van der Waals surface area (Å²) < 4.78 is 14.8. The predicted molar refractivity (Wildman–Crippen MR) is 95.6 cm³/mol. The van der Waals surface area contributed by atoms with E-state index in [4.69, 9.17) is 0 Å². The average Bonchev–Trinajstić information content (AvgIpc) is 2.79. The van der Waals surface area contributed by atoms with Gasteiger partial charge in [-0.25, -0.2) is 4.39 Å². The summed E-state index contributed by atoms with van der Waals surface area (Å²) in [6.07, 6.45) is 0.878. The number of benzene rings is 1. The maximum atomic E-state index is 12.9. The van der Waals surface area contributed by atoms with E-state index in [-0.39, 0.29) is 11.9 Å². The van der Waals surface area contributed by atoms with E-state index >= 15 is 0 Å². The number of aryl methyl sites for hydroxylation is 2. The summed E-state index contributed by atoms with van der Waals surface area (Å²) in [5.41, 5.74) is 4.53. The molecule has 1 unspecified atom stereocenters. The highest BCUT2D eigenvalue weighted by atomic mass is 19.1. The molecule has 0 aliphatic rings. The molecule has 1 aromatic heterocycles. The topological polar surface area (TPSA) is 54.2 Å². The van der Waals surface area contributed by atoms with Crippen molar-refractivity contribution in [2.45, 2.75) is 39.8 Å². The van der Waals surface area contributed by atoms with Crippen molar-refractivity contribution in [2.24, 2.45) is 12.0 Å². The summed E-state index contributed by atoms with van der Waals surface area (Å²) in [6, 6.07) is 6.67. The van der Waals surface area contributed by atoms with Crippen molar-refractivity contribution in [1.82, 2.24) is 20.4 Å². The minimum Gasteiger partial charge on any atom is -0.354 e. The van der Waals surface area contributed by atoms with Crippen LogP contribution in [0.15, 0.2) is 29.3 Å². The lowest BCUT2D eigenvalue weighted by molar-refractivity contribution is 0.625. The Morgan fingerprint density at radius 1 is 1.29 bits per heavy atom. The first-order valence-electron chi connectivity index (χ1n) is 8.11. The SMILES string of the molecule is CN=C(NCc1ccc(F)cc1)NC(C)Cc1c(C)nn(C)c1C. The van der Waals surface area contributed by atoms with Crippen LogP contribution >= 0.6 is 0 Å². The van der Waals surface area contributed by atoms with E-state index in [1.165, 1.54) is 23.4 Å². The van der Waals surface area contributed by atoms with Crippen molar-refractivity contribution in [2.75, 3.05) is 7.05 Å². The Labute approximate surface area is 143 Å². The van der Waals surface area contributed by atoms with Gasteiger partial charge in [-0.3, -0.25) is 9.67 Å². The Hall–Kier alpha value is -2.37. The van der Waals surface area contributed by atoms with E-state index in [1.54, 1.807) is 19.2 Å². The Bertz CT molecular complexity index is 703. The lowest BCUT2D eigenvalue weighted by atomic mass is 10.1. The second-order valence-corrected chi connectivity index (χ2v) is 6.07. The molecule has 0 saturated carbocycles. The summed E-state index contributed by atoms with van der Waals surface area (Å²) in [6.45, 7) is 6.84. The highest BCUT2D eigenvalue weighted by molar-refractivity contribution is 5.79. The molecule has 0 saturated heterocycles. The molecular formula is C18H26FN5. The van der Waals surface area contributed by atoms with Crippen molar-refractivity contribution in [3.05, 3.63) is 52.6 Å². The average molecular weight is 331 g/mol. The maximum Gasteiger partial charge on any atom is 0.191 e. The lowest BCUT2D eigenvalue weighted by Gasteiger charge is -2.18. The van der Waals surface area contributed by atoms with E-state index in [0.717, 1.165) is 23.6 Å². The van der Waals surface area contributed by atoms with Gasteiger partial charge in [0, 0.05) is 32.4 Å². The second-order valence-electron chi connectivity index (χ2n) is 6.07. The normalized spacial score (nSPS) is 13.0. The summed E-state index contributed by atoms with van der Waals surface area (Å²) in [5, 5.41) is 11.1. The minimum absolute atomic E-state index is 0.214. The molecule has 0 radical (unpaired) electrons. The third kappa shape index (κ3) is 4.57. The van der Waals surface area contributed by atoms with Crippen molar-refractivity contribution < 1.29 is 4.39 Å². The number of hydrogen-bond donors (Lipinski definition) is 2. The van der Waals surface area contributed by atoms with Crippen LogP contribution in [0.25, 0.3) is 0 Å². The fraction of sp³-hybridized carbons (Fsp3) is 0.444. The third-order valence-electron chi connectivity index (χ3n) is 4.15. The van der Waals surface area contributed by atoms with Crippen LogP contribution in [0.2, 0.25) is 0 Å². The van der Waals surface area contributed by atoms with Crippen LogP contribution < -0.4 is 10.6 Å². The monoisotopic (exact) mass is 331 g/mol. The number of nitrogens with one attached hydrogen (secondary N) is 2. The number of rotatable bonds is 5. The molecule has 24 heavy (non-hydrogen) atoms. The summed E-state index contributed by atoms with van der Waals surface area (Å²) >= 11 is 0. The van der Waals surface area contributed by atoms with Crippen LogP contribution in [-0.4, -0.2) is 28.8 Å². The fourth-order valence-electron chi connectivity index (χ4n) is 2.69. The van der Waals surface area contributed by atoms with Crippen LogP contribution in [0.3, 0.4) is 0 Å². The van der Waals surface area contributed by atoms with Gasteiger partial charge in [0.25, 0.3) is 0 Å². The summed E-state index contributed by atoms with van der Waals surface area (Å²) in [5.74, 6) is 0.503. The molecule has 0 amide bonds. The first-order valence-corrected chi connectivity index (χ1v) is 8.11. The summed E-state index contributed by atoms with van der Waals surface area (Å²) in [7, 11) is 3.71. The van der Waals surface area contributed by atoms with E-state index < -0.39 is 0 Å². The van der Waals surface area contributed by atoms with Crippen molar-refractivity contribution in [3.8, 4) is 0 Å². The van der Waals surface area contributed by atoms with Crippen molar-refractivity contribution >= 4 is 5.96 Å². The number of halogens is 1. The predicted octanol–water partition coefficient (Wildman–Crippen LogP) is 2.47. The van der Waals surface area contributed by atoms with Gasteiger partial charge in [0.1, 0.15) is 5.82 Å². The van der Waals surface area contributed by atoms with Gasteiger partial charge < -0.3 is 10.6 Å². The molecule has 0 spiro atoms. The standard InChI is InChI=1S/C18H26FN5/c1-12(10-17-13(2)23-24(5)14(17)3)22-18(20-4)21-11-15-6-8-16(19)9-7-15/h6-9,12H,10-11H2,1-5H3,(H2,20,21,22). The molecule has 2 aromatic rings. The molecule has 1 aromatic carbocycles. The zero-order valence-electron chi connectivity index (χ0n) is 15.0. The van der Waals surface area contributed by atoms with Crippen LogP contribution in [0.4, 0.5) is 4.39 Å². The van der Waals surface area contributed by atoms with Gasteiger partial charge in [-0.15, -0.1) is 0 Å². The van der Waals surface area contributed by atoms with Crippen molar-refractivity contribution in [3.63, 3.8) is 0 Å². The van der Waals surface area contributed by atoms with Crippen molar-refractivity contribution in [1.29, 1.82) is 0 Å². The molecule has 0 aliphatic carbocycles. The number of hydrogen-bond acceptors (Lipinski definition) is 2. The van der Waals surface area contributed by atoms with E-state index in [1.807, 2.05) is 18.7 Å². The molecule has 2 N–H and O–H groups in total. The van der Waals surface area contributed by atoms with E-state index in [2.05, 4.69) is 34.6 Å². The Morgan fingerprint density at radius 3 is 2.50 bits per heavy atom. The summed E-state index contributed by atoms with van der Waals surface area (Å²) in [4.78, 5) is 4.25. The Morgan fingerprint density at radius 2 is 1.96 bits per heavy atom. The first-order chi connectivity index (χ1) is 11.4. The van der Waals surface area contributed by atoms with Crippen LogP contribution in [0, 0.1) is 19.7 Å². The molecular weight excluding hydrogens is 305 g/mol. The smallest absolute Gasteiger partial charge is 0.191 e. The molecule has 1 atom stereocenters. The van der Waals surface area contributed by atoms with Gasteiger partial charge in [-0.05, 0) is 50.5 Å². The maximum absolute atomic E-state index is 12.9. The van der Waals surface area contributed by atoms with Gasteiger partial charge in [0.2, 0.25) is 0 Å². The zero-order chi connectivity index (χ0) is 17.7. The fourth-order valence-corrected chi connectivity index (χ4v) is 2.69. The van der Waals surface area contributed by atoms with Gasteiger partial charge in [-0.2, -0.15) is 5.10 Å². The van der Waals surface area contributed by atoms with E-state index in [9.17, 15) is 4.39 Å². The highest BCUT2D eigenvalue weighted by Crippen LogP contribution is 2.14. The molecule has 0 aliphatic heterocycles. The number of aliphatic imine (C=N–C) groups is 1. The first kappa shape index (κ1) is 18.0. The van der Waals surface area contributed by atoms with Crippen LogP contribution in [-0.2, 0) is 20.0 Å². The largest absolute Gasteiger partial charge is 0.354 e. The second kappa shape index (κ2) is 7.95. The Balaban J connectivity index is 1.91. The highest BCUT2D eigenvalue weighted by Gasteiger charge is 2.13. The number of guanidine groups is 1. The molecule has 1 heterocycles. The van der Waals surface area contributed by atoms with Gasteiger partial charge >= 0.3 is 0 Å². The molecule has 130 valence electrons. The third-order valence-corrected chi connectivity index (χ3v) is 4.15. The lowest BCUT2D eigenvalue weighted by Crippen LogP contribution is -2.42. The van der Waals surface area contributed by atoms with Gasteiger partial charge in [0.05, 0.1) is 5.69 Å². The Kier molecular flexibility index (Phi) is 5.95. The van der Waals surface area contributed by atoms with Gasteiger partial charge in [0.15, 0.2) is 5.96 Å². The quantitative estimate of drug-likeness (QED) is 0.654. The molecule has 5 nitrogen and oxygen atoms in total. The van der Waals surface area contributed by atoms with Gasteiger partial charge in [-0.1, -0.05) is 12.1 Å². The number of nitrogens with zero attached hydrogens (tertiary/aromatic N) is 3. The number of aromatic nitrogens is 2. The molecule has 6 heteroatoms. The minimum atomic E-state index is -0.225. The van der Waals surface area contributed by atoms with Crippen LogP contribution in [0.5, 0.6) is 0 Å². The molecule has 0 fully saturated rings. The van der Waals surface area contributed by atoms with E-state index in [0.29, 0.717) is 6.54 Å². The van der Waals surface area contributed by atoms with Crippen LogP contribution in [0.1, 0.15) is 29.4 Å².